The van der Waals surface area contributed by atoms with Crippen LogP contribution in [0.15, 0.2) is 60.8 Å². The predicted octanol–water partition coefficient (Wildman–Crippen LogP) is 4.58. The lowest BCUT2D eigenvalue weighted by Gasteiger charge is -2.19. The van der Waals surface area contributed by atoms with Gasteiger partial charge in [-0.05, 0) is 41.7 Å². The number of anilines is 1. The molecule has 0 unspecified atom stereocenters. The molecule has 0 aliphatic heterocycles. The lowest BCUT2D eigenvalue weighted by Crippen LogP contribution is -2.28. The average Bonchev–Trinajstić information content (AvgIpc) is 3.46. The normalized spacial score (nSPS) is 14.6. The molecular formula is C23H19F3N4O. The van der Waals surface area contributed by atoms with Gasteiger partial charge in [0.25, 0.3) is 0 Å². The number of hydrogen-bond donors (Lipinski definition) is 1. The number of amides is 1. The summed E-state index contributed by atoms with van der Waals surface area (Å²) in [5.41, 5.74) is 0.723. The number of nitrogens with one attached hydrogen (secondary N) is 1. The molecule has 1 aliphatic carbocycles. The first-order valence-electron chi connectivity index (χ1n) is 9.78. The van der Waals surface area contributed by atoms with Crippen molar-refractivity contribution < 1.29 is 18.0 Å². The van der Waals surface area contributed by atoms with Crippen LogP contribution in [-0.2, 0) is 23.2 Å². The Labute approximate surface area is 177 Å². The smallest absolute Gasteiger partial charge is 0.309 e. The van der Waals surface area contributed by atoms with E-state index < -0.39 is 11.6 Å². The third-order valence-corrected chi connectivity index (χ3v) is 5.50. The SMILES string of the molecule is N#Cc1ccc(Cn2ccc(NC(=O)Cc3ccc(C4(C(F)(F)F)CC4)cc3)n2)cc1. The van der Waals surface area contributed by atoms with Crippen LogP contribution in [0.25, 0.3) is 0 Å². The van der Waals surface area contributed by atoms with Gasteiger partial charge < -0.3 is 5.32 Å². The highest BCUT2D eigenvalue weighted by molar-refractivity contribution is 5.91. The Kier molecular flexibility index (Phi) is 5.27. The van der Waals surface area contributed by atoms with Gasteiger partial charge in [0, 0.05) is 12.3 Å². The summed E-state index contributed by atoms with van der Waals surface area (Å²) in [6.07, 6.45) is -2.25. The molecule has 1 aliphatic rings. The topological polar surface area (TPSA) is 70.7 Å². The maximum Gasteiger partial charge on any atom is 0.398 e. The van der Waals surface area contributed by atoms with Crippen LogP contribution in [0, 0.1) is 11.3 Å². The van der Waals surface area contributed by atoms with Crippen LogP contribution in [0.1, 0.15) is 35.1 Å². The minimum absolute atomic E-state index is 0.0434. The third-order valence-electron chi connectivity index (χ3n) is 5.50. The zero-order valence-corrected chi connectivity index (χ0v) is 16.5. The minimum atomic E-state index is -4.25. The standard InChI is InChI=1S/C23H19F3N4O/c24-23(25,26)22(10-11-22)19-7-5-16(6-8-19)13-21(31)28-20-9-12-30(29-20)15-18-3-1-17(14-27)2-4-18/h1-9,12H,10-11,13,15H2,(H,28,29,31). The van der Waals surface area contributed by atoms with Crippen molar-refractivity contribution in [3.8, 4) is 6.07 Å². The third kappa shape index (κ3) is 4.45. The van der Waals surface area contributed by atoms with E-state index in [1.807, 2.05) is 12.1 Å². The van der Waals surface area contributed by atoms with Crippen LogP contribution in [0.4, 0.5) is 19.0 Å². The Morgan fingerprint density at radius 2 is 1.71 bits per heavy atom. The molecule has 5 nitrogen and oxygen atoms in total. The molecule has 0 radical (unpaired) electrons. The van der Waals surface area contributed by atoms with Crippen molar-refractivity contribution in [3.05, 3.63) is 83.0 Å². The Morgan fingerprint density at radius 3 is 2.29 bits per heavy atom. The molecule has 1 heterocycles. The second-order valence-electron chi connectivity index (χ2n) is 7.71. The quantitative estimate of drug-likeness (QED) is 0.630. The Hall–Kier alpha value is -3.60. The molecule has 8 heteroatoms. The summed E-state index contributed by atoms with van der Waals surface area (Å²) in [7, 11) is 0. The highest BCUT2D eigenvalue weighted by atomic mass is 19.4. The van der Waals surface area contributed by atoms with Gasteiger partial charge in [0.15, 0.2) is 5.82 Å². The van der Waals surface area contributed by atoms with E-state index >= 15 is 0 Å². The first-order chi connectivity index (χ1) is 14.8. The van der Waals surface area contributed by atoms with E-state index in [9.17, 15) is 18.0 Å². The maximum absolute atomic E-state index is 13.2. The number of rotatable bonds is 6. The van der Waals surface area contributed by atoms with E-state index in [1.165, 1.54) is 12.1 Å². The first kappa shape index (κ1) is 20.7. The Morgan fingerprint density at radius 1 is 1.06 bits per heavy atom. The molecule has 4 rings (SSSR count). The summed E-state index contributed by atoms with van der Waals surface area (Å²) in [4.78, 5) is 12.3. The summed E-state index contributed by atoms with van der Waals surface area (Å²) in [6.45, 7) is 0.490. The fourth-order valence-electron chi connectivity index (χ4n) is 3.56. The molecule has 2 aromatic carbocycles. The van der Waals surface area contributed by atoms with Crippen LogP contribution in [-0.4, -0.2) is 21.9 Å². The molecule has 1 amide bonds. The summed E-state index contributed by atoms with van der Waals surface area (Å²) >= 11 is 0. The van der Waals surface area contributed by atoms with E-state index in [2.05, 4.69) is 16.5 Å². The van der Waals surface area contributed by atoms with Crippen molar-refractivity contribution in [1.29, 1.82) is 5.26 Å². The molecule has 0 bridgehead atoms. The highest BCUT2D eigenvalue weighted by Crippen LogP contribution is 2.58. The monoisotopic (exact) mass is 424 g/mol. The van der Waals surface area contributed by atoms with Gasteiger partial charge in [-0.15, -0.1) is 0 Å². The van der Waals surface area contributed by atoms with Crippen LogP contribution in [0.3, 0.4) is 0 Å². The summed E-state index contributed by atoms with van der Waals surface area (Å²) < 4.78 is 41.3. The van der Waals surface area contributed by atoms with Crippen molar-refractivity contribution in [3.63, 3.8) is 0 Å². The fraction of sp³-hybridized carbons (Fsp3) is 0.261. The number of benzene rings is 2. The number of aromatic nitrogens is 2. The summed E-state index contributed by atoms with van der Waals surface area (Å²) in [5, 5.41) is 15.9. The van der Waals surface area contributed by atoms with Crippen LogP contribution in [0.5, 0.6) is 0 Å². The number of carbonyl (C=O) groups is 1. The van der Waals surface area contributed by atoms with Gasteiger partial charge in [0.05, 0.1) is 30.0 Å². The van der Waals surface area contributed by atoms with Crippen molar-refractivity contribution in [2.75, 3.05) is 5.32 Å². The van der Waals surface area contributed by atoms with E-state index in [0.29, 0.717) is 23.5 Å². The van der Waals surface area contributed by atoms with Gasteiger partial charge in [-0.25, -0.2) is 0 Å². The van der Waals surface area contributed by atoms with Gasteiger partial charge in [-0.2, -0.15) is 23.5 Å². The van der Waals surface area contributed by atoms with Crippen LogP contribution in [0.2, 0.25) is 0 Å². The van der Waals surface area contributed by atoms with Gasteiger partial charge >= 0.3 is 6.18 Å². The number of halogens is 3. The molecule has 1 fully saturated rings. The van der Waals surface area contributed by atoms with E-state index in [1.54, 1.807) is 41.2 Å². The lowest BCUT2D eigenvalue weighted by molar-refractivity contribution is -0.160. The molecule has 1 N–H and O–H groups in total. The van der Waals surface area contributed by atoms with Crippen molar-refractivity contribution >= 4 is 11.7 Å². The zero-order chi connectivity index (χ0) is 22.1. The number of carbonyl (C=O) groups excluding carboxylic acids is 1. The lowest BCUT2D eigenvalue weighted by atomic mass is 9.94. The van der Waals surface area contributed by atoms with Crippen molar-refractivity contribution in [1.82, 2.24) is 9.78 Å². The van der Waals surface area contributed by atoms with E-state index in [0.717, 1.165) is 5.56 Å². The molecule has 0 spiro atoms. The van der Waals surface area contributed by atoms with Crippen molar-refractivity contribution in [2.45, 2.75) is 37.4 Å². The molecule has 3 aromatic rings. The van der Waals surface area contributed by atoms with Gasteiger partial charge in [0.1, 0.15) is 0 Å². The molecule has 1 saturated carbocycles. The second-order valence-corrected chi connectivity index (χ2v) is 7.71. The largest absolute Gasteiger partial charge is 0.398 e. The number of hydrogen-bond acceptors (Lipinski definition) is 3. The minimum Gasteiger partial charge on any atom is -0.309 e. The average molecular weight is 424 g/mol. The molecular weight excluding hydrogens is 405 g/mol. The first-order valence-corrected chi connectivity index (χ1v) is 9.78. The number of nitrogens with zero attached hydrogens (tertiary/aromatic N) is 3. The molecule has 31 heavy (non-hydrogen) atoms. The van der Waals surface area contributed by atoms with E-state index in [4.69, 9.17) is 5.26 Å². The molecule has 1 aromatic heterocycles. The number of alkyl halides is 3. The molecule has 0 atom stereocenters. The molecule has 158 valence electrons. The number of nitriles is 1. The van der Waals surface area contributed by atoms with Gasteiger partial charge in [0.2, 0.25) is 5.91 Å². The predicted molar refractivity (Wildman–Crippen MR) is 108 cm³/mol. The highest BCUT2D eigenvalue weighted by Gasteiger charge is 2.64. The summed E-state index contributed by atoms with van der Waals surface area (Å²) in [6, 6.07) is 17.0. The molecule has 0 saturated heterocycles. The zero-order valence-electron chi connectivity index (χ0n) is 16.5. The van der Waals surface area contributed by atoms with E-state index in [-0.39, 0.29) is 30.7 Å². The van der Waals surface area contributed by atoms with Gasteiger partial charge in [-0.3, -0.25) is 9.48 Å². The van der Waals surface area contributed by atoms with Crippen molar-refractivity contribution in [2.24, 2.45) is 0 Å². The van der Waals surface area contributed by atoms with Crippen LogP contribution >= 0.6 is 0 Å². The Balaban J connectivity index is 1.33. The second kappa shape index (κ2) is 7.91. The fourth-order valence-corrected chi connectivity index (χ4v) is 3.56. The summed E-state index contributed by atoms with van der Waals surface area (Å²) in [5.74, 6) is 0.0950. The maximum atomic E-state index is 13.2. The van der Waals surface area contributed by atoms with Crippen LogP contribution < -0.4 is 5.32 Å². The Bertz CT molecular complexity index is 1120. The van der Waals surface area contributed by atoms with Gasteiger partial charge in [-0.1, -0.05) is 36.4 Å².